The molecule has 3 aromatic carbocycles. The number of hydrogen-bond donors (Lipinski definition) is 1. The van der Waals surface area contributed by atoms with Crippen molar-refractivity contribution in [3.8, 4) is 11.5 Å². The number of benzene rings is 3. The van der Waals surface area contributed by atoms with Gasteiger partial charge in [-0.15, -0.1) is 5.10 Å². The number of fused-ring (bicyclic) bond motifs is 1. The molecule has 208 valence electrons. The normalized spacial score (nSPS) is 14.2. The van der Waals surface area contributed by atoms with E-state index in [1.54, 1.807) is 42.0 Å². The van der Waals surface area contributed by atoms with Crippen molar-refractivity contribution in [1.29, 1.82) is 0 Å². The van der Waals surface area contributed by atoms with Gasteiger partial charge in [0.15, 0.2) is 0 Å². The summed E-state index contributed by atoms with van der Waals surface area (Å²) in [5.41, 5.74) is 4.53. The third-order valence-electron chi connectivity index (χ3n) is 7.53. The van der Waals surface area contributed by atoms with Gasteiger partial charge in [-0.25, -0.2) is 4.68 Å². The van der Waals surface area contributed by atoms with Crippen molar-refractivity contribution < 1.29 is 19.1 Å². The van der Waals surface area contributed by atoms with Gasteiger partial charge in [-0.3, -0.25) is 14.5 Å². The minimum Gasteiger partial charge on any atom is -0.497 e. The van der Waals surface area contributed by atoms with E-state index in [-0.39, 0.29) is 24.4 Å². The Morgan fingerprint density at radius 1 is 1.02 bits per heavy atom. The van der Waals surface area contributed by atoms with E-state index in [2.05, 4.69) is 15.6 Å². The van der Waals surface area contributed by atoms with Gasteiger partial charge in [0, 0.05) is 17.3 Å². The van der Waals surface area contributed by atoms with Crippen LogP contribution in [0.3, 0.4) is 0 Å². The maximum Gasteiger partial charge on any atom is 0.249 e. The number of amides is 2. The molecule has 0 unspecified atom stereocenters. The van der Waals surface area contributed by atoms with Crippen LogP contribution in [0, 0.1) is 13.8 Å². The number of nitrogens with one attached hydrogen (secondary N) is 1. The van der Waals surface area contributed by atoms with Crippen LogP contribution < -0.4 is 19.7 Å². The molecule has 9 nitrogen and oxygen atoms in total. The summed E-state index contributed by atoms with van der Waals surface area (Å²) in [7, 11) is 3.13. The van der Waals surface area contributed by atoms with Crippen LogP contribution >= 0.6 is 0 Å². The van der Waals surface area contributed by atoms with Gasteiger partial charge in [0.05, 0.1) is 19.7 Å². The lowest BCUT2D eigenvalue weighted by Gasteiger charge is -2.34. The molecule has 1 saturated carbocycles. The van der Waals surface area contributed by atoms with Crippen LogP contribution in [0.1, 0.15) is 48.4 Å². The lowest BCUT2D eigenvalue weighted by molar-refractivity contribution is -0.127. The Kier molecular flexibility index (Phi) is 8.00. The minimum absolute atomic E-state index is 0.0573. The van der Waals surface area contributed by atoms with Crippen molar-refractivity contribution in [2.45, 2.75) is 58.2 Å². The maximum absolute atomic E-state index is 14.4. The average molecular weight is 542 g/mol. The Morgan fingerprint density at radius 2 is 1.80 bits per heavy atom. The van der Waals surface area contributed by atoms with Crippen LogP contribution in [0.4, 0.5) is 5.69 Å². The maximum atomic E-state index is 14.4. The van der Waals surface area contributed by atoms with Crippen molar-refractivity contribution in [2.75, 3.05) is 19.1 Å². The summed E-state index contributed by atoms with van der Waals surface area (Å²) in [6.45, 7) is 3.84. The van der Waals surface area contributed by atoms with Gasteiger partial charge in [-0.05, 0) is 68.7 Å². The molecule has 1 atom stereocenters. The Hall–Kier alpha value is -4.40. The first-order chi connectivity index (χ1) is 19.4. The van der Waals surface area contributed by atoms with Crippen LogP contribution in [-0.2, 0) is 16.1 Å². The van der Waals surface area contributed by atoms with Crippen molar-refractivity contribution >= 4 is 28.5 Å². The summed E-state index contributed by atoms with van der Waals surface area (Å²) in [4.78, 5) is 30.2. The second-order valence-electron chi connectivity index (χ2n) is 10.3. The highest BCUT2D eigenvalue weighted by molar-refractivity contribution is 6.02. The highest BCUT2D eigenvalue weighted by atomic mass is 16.5. The number of methoxy groups -OCH3 is 2. The van der Waals surface area contributed by atoms with Gasteiger partial charge in [0.1, 0.15) is 29.6 Å². The van der Waals surface area contributed by atoms with Crippen molar-refractivity contribution in [3.63, 3.8) is 0 Å². The summed E-state index contributed by atoms with van der Waals surface area (Å²) in [6.07, 6.45) is 3.96. The monoisotopic (exact) mass is 541 g/mol. The molecule has 1 aromatic heterocycles. The van der Waals surface area contributed by atoms with Crippen LogP contribution in [0.2, 0.25) is 0 Å². The molecule has 1 N–H and O–H groups in total. The van der Waals surface area contributed by atoms with Gasteiger partial charge in [-0.2, -0.15) is 0 Å². The van der Waals surface area contributed by atoms with E-state index in [1.807, 2.05) is 56.3 Å². The molecule has 40 heavy (non-hydrogen) atoms. The zero-order chi connectivity index (χ0) is 28.2. The highest BCUT2D eigenvalue weighted by Gasteiger charge is 2.37. The number of carbonyl (C=O) groups is 2. The molecule has 1 aliphatic rings. The summed E-state index contributed by atoms with van der Waals surface area (Å²) in [5, 5.41) is 11.7. The van der Waals surface area contributed by atoms with E-state index in [4.69, 9.17) is 9.47 Å². The summed E-state index contributed by atoms with van der Waals surface area (Å²) < 4.78 is 12.8. The fourth-order valence-electron chi connectivity index (χ4n) is 5.53. The Balaban J connectivity index is 1.66. The van der Waals surface area contributed by atoms with Crippen molar-refractivity contribution in [1.82, 2.24) is 20.3 Å². The quantitative estimate of drug-likeness (QED) is 0.324. The van der Waals surface area contributed by atoms with E-state index < -0.39 is 6.04 Å². The van der Waals surface area contributed by atoms with E-state index in [0.29, 0.717) is 28.3 Å². The largest absolute Gasteiger partial charge is 0.497 e. The molecular weight excluding hydrogens is 506 g/mol. The van der Waals surface area contributed by atoms with Crippen LogP contribution in [0.25, 0.3) is 11.0 Å². The van der Waals surface area contributed by atoms with Gasteiger partial charge in [0.2, 0.25) is 11.8 Å². The summed E-state index contributed by atoms with van der Waals surface area (Å²) in [5.74, 6) is 0.472. The summed E-state index contributed by atoms with van der Waals surface area (Å²) in [6, 6.07) is 17.7. The molecule has 9 heteroatoms. The average Bonchev–Trinajstić information content (AvgIpc) is 3.62. The first-order valence-corrected chi connectivity index (χ1v) is 13.6. The molecule has 0 saturated heterocycles. The standard InChI is InChI=1S/C31H35N5O4/c1-20-13-15-26(21(2)17-20)36(29(37)19-35-27-12-8-7-11-25(27)33-34-35)30(31(38)32-22-9-5-6-10-22)24-18-23(39-3)14-16-28(24)40-4/h7-8,11-18,22,30H,5-6,9-10,19H2,1-4H3,(H,32,38)/t30-/m0/s1. The zero-order valence-electron chi connectivity index (χ0n) is 23.4. The van der Waals surface area contributed by atoms with E-state index in [0.717, 1.165) is 42.3 Å². The number of aromatic nitrogens is 3. The molecule has 1 aliphatic carbocycles. The molecular formula is C31H35N5O4. The van der Waals surface area contributed by atoms with E-state index >= 15 is 0 Å². The zero-order valence-corrected chi connectivity index (χ0v) is 23.4. The molecule has 0 spiro atoms. The molecule has 5 rings (SSSR count). The number of hydrogen-bond acceptors (Lipinski definition) is 6. The molecule has 1 fully saturated rings. The number of anilines is 1. The fraction of sp³-hybridized carbons (Fsp3) is 0.355. The van der Waals surface area contributed by atoms with Crippen molar-refractivity contribution in [3.05, 3.63) is 77.4 Å². The Labute approximate surface area is 234 Å². The lowest BCUT2D eigenvalue weighted by Crippen LogP contribution is -2.47. The van der Waals surface area contributed by atoms with Crippen LogP contribution in [-0.4, -0.2) is 47.1 Å². The van der Waals surface area contributed by atoms with Crippen molar-refractivity contribution in [2.24, 2.45) is 0 Å². The number of rotatable bonds is 9. The third-order valence-corrected chi connectivity index (χ3v) is 7.53. The first-order valence-electron chi connectivity index (χ1n) is 13.6. The second-order valence-corrected chi connectivity index (χ2v) is 10.3. The molecule has 2 amide bonds. The molecule has 4 aromatic rings. The molecule has 0 radical (unpaired) electrons. The van der Waals surface area contributed by atoms with Gasteiger partial charge < -0.3 is 14.8 Å². The topological polar surface area (TPSA) is 98.6 Å². The van der Waals surface area contributed by atoms with Gasteiger partial charge >= 0.3 is 0 Å². The Morgan fingerprint density at radius 3 is 2.52 bits per heavy atom. The van der Waals surface area contributed by atoms with Crippen LogP contribution in [0.15, 0.2) is 60.7 Å². The van der Waals surface area contributed by atoms with Gasteiger partial charge in [-0.1, -0.05) is 47.9 Å². The number of carbonyl (C=O) groups excluding carboxylic acids is 2. The van der Waals surface area contributed by atoms with E-state index in [1.165, 1.54) is 0 Å². The fourth-order valence-corrected chi connectivity index (χ4v) is 5.53. The predicted molar refractivity (Wildman–Crippen MR) is 154 cm³/mol. The smallest absolute Gasteiger partial charge is 0.249 e. The minimum atomic E-state index is -1.02. The van der Waals surface area contributed by atoms with Gasteiger partial charge in [0.25, 0.3) is 0 Å². The summed E-state index contributed by atoms with van der Waals surface area (Å²) >= 11 is 0. The number of aryl methyl sites for hydroxylation is 2. The third kappa shape index (κ3) is 5.50. The first kappa shape index (κ1) is 27.2. The van der Waals surface area contributed by atoms with E-state index in [9.17, 15) is 9.59 Å². The predicted octanol–water partition coefficient (Wildman–Crippen LogP) is 4.90. The SMILES string of the molecule is COc1ccc(OC)c([C@@H](C(=O)NC2CCCC2)N(C(=O)Cn2nnc3ccccc32)c2ccc(C)cc2C)c1. The number of para-hydroxylation sites is 1. The highest BCUT2D eigenvalue weighted by Crippen LogP contribution is 2.38. The Bertz CT molecular complexity index is 1530. The lowest BCUT2D eigenvalue weighted by atomic mass is 9.99. The number of ether oxygens (including phenoxy) is 2. The van der Waals surface area contributed by atoms with Crippen LogP contribution in [0.5, 0.6) is 11.5 Å². The molecule has 0 aliphatic heterocycles. The molecule has 1 heterocycles. The number of nitrogens with zero attached hydrogens (tertiary/aromatic N) is 4. The molecule has 0 bridgehead atoms. The second kappa shape index (κ2) is 11.8.